The van der Waals surface area contributed by atoms with Crippen molar-refractivity contribution in [3.8, 4) is 5.75 Å². The minimum atomic E-state index is -1.08. The minimum absolute atomic E-state index is 0.302. The molecule has 0 aliphatic carbocycles. The zero-order valence-electron chi connectivity index (χ0n) is 14.8. The summed E-state index contributed by atoms with van der Waals surface area (Å²) in [4.78, 5) is 10.4. The Hall–Kier alpha value is -1.36. The summed E-state index contributed by atoms with van der Waals surface area (Å²) in [5, 5.41) is 30.3. The van der Waals surface area contributed by atoms with Crippen molar-refractivity contribution in [3.63, 3.8) is 0 Å². The predicted molar refractivity (Wildman–Crippen MR) is 97.1 cm³/mol. The SMILES string of the molecule is C[C@H](OCc1ccc(O[11OH])cc1)[C@H]1O[C@@H]2SC(N(C)C)=N[C@@H]2[C@@H](O)[C@@H]1O. The highest BCUT2D eigenvalue weighted by Crippen LogP contribution is 2.38. The van der Waals surface area contributed by atoms with Crippen LogP contribution in [0.1, 0.15) is 12.5 Å². The molecule has 1 saturated heterocycles. The van der Waals surface area contributed by atoms with Gasteiger partial charge in [-0.15, -0.1) is 0 Å². The van der Waals surface area contributed by atoms with Crippen LogP contribution in [0.3, 0.4) is 0 Å². The van der Waals surface area contributed by atoms with Crippen LogP contribution in [-0.2, 0) is 16.1 Å². The van der Waals surface area contributed by atoms with Gasteiger partial charge in [-0.3, -0.25) is 4.99 Å². The van der Waals surface area contributed by atoms with Crippen molar-refractivity contribution in [3.05, 3.63) is 29.8 Å². The molecule has 1 aromatic carbocycles. The monoisotopic (exact) mass is 379 g/mol. The molecule has 6 atom stereocenters. The molecule has 0 aromatic heterocycles. The van der Waals surface area contributed by atoms with E-state index in [1.54, 1.807) is 31.2 Å². The average molecular weight is 379 g/mol. The van der Waals surface area contributed by atoms with E-state index in [9.17, 15) is 10.2 Å². The van der Waals surface area contributed by atoms with Gasteiger partial charge in [-0.2, -0.15) is 0 Å². The second-order valence-electron chi connectivity index (χ2n) is 6.62. The zero-order chi connectivity index (χ0) is 18.8. The van der Waals surface area contributed by atoms with Crippen molar-refractivity contribution in [2.75, 3.05) is 14.1 Å². The van der Waals surface area contributed by atoms with E-state index in [4.69, 9.17) is 14.7 Å². The van der Waals surface area contributed by atoms with Crippen molar-refractivity contribution in [2.45, 2.75) is 49.4 Å². The van der Waals surface area contributed by atoms with E-state index in [0.29, 0.717) is 12.4 Å². The summed E-state index contributed by atoms with van der Waals surface area (Å²) in [6.07, 6.45) is -3.17. The second kappa shape index (κ2) is 8.12. The van der Waals surface area contributed by atoms with Crippen LogP contribution in [0, 0.1) is 0 Å². The number of rotatable bonds is 5. The van der Waals surface area contributed by atoms with Gasteiger partial charge in [0.1, 0.15) is 29.8 Å². The number of fused-ring (bicyclic) bond motifs is 1. The zero-order valence-corrected chi connectivity index (χ0v) is 15.7. The third kappa shape index (κ3) is 3.98. The molecule has 3 rings (SSSR count). The molecule has 2 aliphatic heterocycles. The van der Waals surface area contributed by atoms with E-state index in [1.807, 2.05) is 19.0 Å². The number of aliphatic hydroxyl groups is 2. The molecule has 8 nitrogen and oxygen atoms in total. The van der Waals surface area contributed by atoms with Crippen LogP contribution >= 0.6 is 11.8 Å². The first-order valence-electron chi connectivity index (χ1n) is 8.36. The van der Waals surface area contributed by atoms with E-state index in [-0.39, 0.29) is 5.44 Å². The highest BCUT2D eigenvalue weighted by atomic mass is 32.2. The van der Waals surface area contributed by atoms with E-state index in [2.05, 4.69) is 9.88 Å². The van der Waals surface area contributed by atoms with Gasteiger partial charge < -0.3 is 29.5 Å². The molecule has 0 bridgehead atoms. The Morgan fingerprint density at radius 3 is 2.58 bits per heavy atom. The topological polar surface area (TPSA) is 104 Å². The Balaban J connectivity index is 1.60. The lowest BCUT2D eigenvalue weighted by atomic mass is 9.95. The molecule has 0 amide bonds. The lowest BCUT2D eigenvalue weighted by molar-refractivity contribution is -0.193. The number of nitrogens with zero attached hydrogens (tertiary/aromatic N) is 2. The molecule has 144 valence electrons. The standard InChI is InChI=1S/C17H24N2O6S/c1-9(23-8-10-4-6-11(25-22)7-5-10)15-14(21)13(20)12-16(24-15)26-17(18-12)19(2)3/h4-7,9,12-16,20-22H,8H2,1-3H3/t9-,12+,13+,14-,15+,16+/m0/s1/i22-5. The summed E-state index contributed by atoms with van der Waals surface area (Å²) in [6, 6.07) is 6.30. The Morgan fingerprint density at radius 1 is 1.27 bits per heavy atom. The Kier molecular flexibility index (Phi) is 6.06. The highest BCUT2D eigenvalue weighted by Gasteiger charge is 2.50. The fourth-order valence-electron chi connectivity index (χ4n) is 2.95. The van der Waals surface area contributed by atoms with E-state index in [0.717, 1.165) is 10.7 Å². The van der Waals surface area contributed by atoms with E-state index < -0.39 is 30.5 Å². The van der Waals surface area contributed by atoms with Crippen LogP contribution < -0.4 is 4.89 Å². The van der Waals surface area contributed by atoms with Crippen molar-refractivity contribution in [2.24, 2.45) is 4.99 Å². The molecule has 1 fully saturated rings. The summed E-state index contributed by atoms with van der Waals surface area (Å²) in [7, 11) is 3.75. The number of hydrogen-bond acceptors (Lipinski definition) is 9. The molecule has 0 unspecified atom stereocenters. The van der Waals surface area contributed by atoms with Gasteiger partial charge in [0.25, 0.3) is 0 Å². The first-order chi connectivity index (χ1) is 12.4. The molecule has 9 heteroatoms. The maximum absolute atomic E-state index is 10.5. The van der Waals surface area contributed by atoms with Crippen molar-refractivity contribution >= 4 is 16.9 Å². The van der Waals surface area contributed by atoms with Gasteiger partial charge in [0, 0.05) is 14.1 Å². The normalized spacial score (nSPS) is 31.9. The number of amidine groups is 1. The smallest absolute Gasteiger partial charge is 0.165 e. The van der Waals surface area contributed by atoms with Gasteiger partial charge in [0.15, 0.2) is 10.9 Å². The van der Waals surface area contributed by atoms with Crippen LogP contribution in [-0.4, -0.2) is 75.5 Å². The molecule has 1 aromatic rings. The van der Waals surface area contributed by atoms with Crippen molar-refractivity contribution in [1.82, 2.24) is 4.90 Å². The van der Waals surface area contributed by atoms with Gasteiger partial charge in [-0.1, -0.05) is 23.9 Å². The summed E-state index contributed by atoms with van der Waals surface area (Å²) >= 11 is 1.44. The molecular formula is C17H24N2O6S. The maximum atomic E-state index is 10.5. The van der Waals surface area contributed by atoms with Crippen LogP contribution in [0.25, 0.3) is 0 Å². The van der Waals surface area contributed by atoms with Gasteiger partial charge in [-0.25, -0.2) is 5.26 Å². The summed E-state index contributed by atoms with van der Waals surface area (Å²) < 4.78 is 11.8. The molecule has 2 aliphatic rings. The summed E-state index contributed by atoms with van der Waals surface area (Å²) in [6.45, 7) is 2.11. The van der Waals surface area contributed by atoms with Gasteiger partial charge in [-0.05, 0) is 24.6 Å². The molecule has 3 N–H and O–H groups in total. The molecular weight excluding hydrogens is 355 g/mol. The number of thioether (sulfide) groups is 1. The van der Waals surface area contributed by atoms with E-state index in [1.165, 1.54) is 11.8 Å². The lowest BCUT2D eigenvalue weighted by Crippen LogP contribution is -2.58. The quantitative estimate of drug-likeness (QED) is 0.513. The van der Waals surface area contributed by atoms with Gasteiger partial charge >= 0.3 is 0 Å². The number of aliphatic imine (C=N–C) groups is 1. The van der Waals surface area contributed by atoms with Crippen LogP contribution in [0.15, 0.2) is 29.3 Å². The lowest BCUT2D eigenvalue weighted by Gasteiger charge is -2.40. The summed E-state index contributed by atoms with van der Waals surface area (Å²) in [5.74, 6) is 0.344. The molecule has 26 heavy (non-hydrogen) atoms. The fourth-order valence-corrected chi connectivity index (χ4v) is 4.09. The Bertz CT molecular complexity index is 641. The maximum Gasteiger partial charge on any atom is 0.165 e. The molecule has 0 saturated carbocycles. The van der Waals surface area contributed by atoms with Gasteiger partial charge in [0.2, 0.25) is 0 Å². The molecule has 2 heterocycles. The third-order valence-electron chi connectivity index (χ3n) is 4.47. The Labute approximate surface area is 156 Å². The predicted octanol–water partition coefficient (Wildman–Crippen LogP) is 0.923. The second-order valence-corrected chi connectivity index (χ2v) is 7.68. The first kappa shape index (κ1) is 19.4. The Morgan fingerprint density at radius 2 is 1.96 bits per heavy atom. The van der Waals surface area contributed by atoms with E-state index >= 15 is 0 Å². The average Bonchev–Trinajstić information content (AvgIpc) is 3.08. The largest absolute Gasteiger partial charge is 0.388 e. The number of aliphatic hydroxyl groups excluding tert-OH is 2. The number of benzene rings is 1. The molecule has 0 spiro atoms. The number of ether oxygens (including phenoxy) is 2. The van der Waals surface area contributed by atoms with Crippen LogP contribution in [0.4, 0.5) is 0 Å². The fraction of sp³-hybridized carbons (Fsp3) is 0.588. The van der Waals surface area contributed by atoms with Gasteiger partial charge in [0.05, 0.1) is 12.7 Å². The highest BCUT2D eigenvalue weighted by molar-refractivity contribution is 8.14. The van der Waals surface area contributed by atoms with Crippen molar-refractivity contribution in [1.29, 1.82) is 0 Å². The number of hydrogen-bond donors (Lipinski definition) is 3. The third-order valence-corrected chi connectivity index (χ3v) is 5.78. The summed E-state index contributed by atoms with van der Waals surface area (Å²) in [5.41, 5.74) is 0.540. The van der Waals surface area contributed by atoms with Crippen molar-refractivity contribution < 1.29 is 29.8 Å². The van der Waals surface area contributed by atoms with Crippen LogP contribution in [0.2, 0.25) is 0 Å². The minimum Gasteiger partial charge on any atom is -0.388 e. The molecule has 0 radical (unpaired) electrons. The van der Waals surface area contributed by atoms with Crippen LogP contribution in [0.5, 0.6) is 5.75 Å². The first-order valence-corrected chi connectivity index (χ1v) is 9.24.